The Bertz CT molecular complexity index is 940. The van der Waals surface area contributed by atoms with Crippen molar-refractivity contribution >= 4 is 24.5 Å². The molecule has 0 spiro atoms. The highest BCUT2D eigenvalue weighted by atomic mass is 32.1. The van der Waals surface area contributed by atoms with E-state index in [9.17, 15) is 14.3 Å². The highest BCUT2D eigenvalue weighted by Crippen LogP contribution is 2.23. The van der Waals surface area contributed by atoms with Gasteiger partial charge in [-0.2, -0.15) is 0 Å². The number of aliphatic imine (C=N–C) groups is 1. The Morgan fingerprint density at radius 1 is 1.36 bits per heavy atom. The normalized spacial score (nSPS) is 14.9. The van der Waals surface area contributed by atoms with Crippen LogP contribution in [0.3, 0.4) is 0 Å². The zero-order valence-electron chi connectivity index (χ0n) is 11.2. The Morgan fingerprint density at radius 3 is 2.82 bits per heavy atom. The van der Waals surface area contributed by atoms with Gasteiger partial charge >= 0.3 is 0 Å². The molecule has 1 aromatic carbocycles. The van der Waals surface area contributed by atoms with Gasteiger partial charge in [0.05, 0.1) is 11.4 Å². The number of aromatic hydroxyl groups is 1. The lowest BCUT2D eigenvalue weighted by molar-refractivity contribution is 0.429. The molecule has 0 bridgehead atoms. The van der Waals surface area contributed by atoms with E-state index in [1.165, 1.54) is 24.3 Å². The van der Waals surface area contributed by atoms with Gasteiger partial charge in [-0.1, -0.05) is 12.1 Å². The number of benzene rings is 1. The van der Waals surface area contributed by atoms with Gasteiger partial charge in [-0.25, -0.2) is 4.39 Å². The molecular weight excluding hydrogens is 305 g/mol. The molecular formula is C15H10FN3O2S. The van der Waals surface area contributed by atoms with Crippen molar-refractivity contribution in [1.82, 2.24) is 9.55 Å². The maximum Gasteiger partial charge on any atom is 0.262 e. The average molecular weight is 315 g/mol. The van der Waals surface area contributed by atoms with Crippen molar-refractivity contribution in [2.75, 3.05) is 0 Å². The summed E-state index contributed by atoms with van der Waals surface area (Å²) in [4.78, 5) is 18.4. The lowest BCUT2D eigenvalue weighted by atomic mass is 10.2. The molecule has 3 rings (SSSR count). The Balaban J connectivity index is 2.29. The molecule has 0 aliphatic carbocycles. The molecule has 1 aliphatic heterocycles. The smallest absolute Gasteiger partial charge is 0.262 e. The van der Waals surface area contributed by atoms with Gasteiger partial charge in [-0.15, -0.1) is 0 Å². The minimum Gasteiger partial charge on any atom is -0.494 e. The fourth-order valence-electron chi connectivity index (χ4n) is 2.07. The standard InChI is InChI=1S/C15H10FN3O2S/c16-11-5-1-2-6-12(11)19-14(21)10(13(20)18-15(19)22)8-9-4-3-7-17-9/h1-8,21H,(H,18,20,22)/b9-8-. The number of rotatable bonds is 2. The molecule has 0 saturated heterocycles. The number of nitrogens with zero attached hydrogens (tertiary/aromatic N) is 2. The van der Waals surface area contributed by atoms with Crippen LogP contribution >= 0.6 is 12.2 Å². The van der Waals surface area contributed by atoms with Gasteiger partial charge in [0, 0.05) is 6.21 Å². The van der Waals surface area contributed by atoms with Crippen LogP contribution in [-0.2, 0) is 0 Å². The molecule has 0 radical (unpaired) electrons. The van der Waals surface area contributed by atoms with E-state index in [1.54, 1.807) is 24.4 Å². The molecule has 7 heteroatoms. The summed E-state index contributed by atoms with van der Waals surface area (Å²) < 4.78 is 14.9. The summed E-state index contributed by atoms with van der Waals surface area (Å²) in [6, 6.07) is 5.82. The molecule has 2 aromatic rings. The van der Waals surface area contributed by atoms with Gasteiger partial charge in [0.1, 0.15) is 11.4 Å². The second-order valence-electron chi connectivity index (χ2n) is 4.49. The fraction of sp³-hybridized carbons (Fsp3) is 0. The molecule has 1 aliphatic rings. The molecule has 2 N–H and O–H groups in total. The number of allylic oxidation sites excluding steroid dienone is 2. The van der Waals surface area contributed by atoms with Crippen molar-refractivity contribution in [3.8, 4) is 11.6 Å². The maximum absolute atomic E-state index is 14.0. The summed E-state index contributed by atoms with van der Waals surface area (Å²) in [6.07, 6.45) is 6.33. The summed E-state index contributed by atoms with van der Waals surface area (Å²) in [5.74, 6) is -1.01. The quantitative estimate of drug-likeness (QED) is 0.837. The third-order valence-electron chi connectivity index (χ3n) is 3.08. The lowest BCUT2D eigenvalue weighted by Crippen LogP contribution is -2.16. The highest BCUT2D eigenvalue weighted by molar-refractivity contribution is 7.71. The van der Waals surface area contributed by atoms with Crippen molar-refractivity contribution < 1.29 is 9.50 Å². The molecule has 110 valence electrons. The largest absolute Gasteiger partial charge is 0.494 e. The third-order valence-corrected chi connectivity index (χ3v) is 3.37. The number of para-hydroxylation sites is 1. The van der Waals surface area contributed by atoms with E-state index in [-0.39, 0.29) is 16.0 Å². The van der Waals surface area contributed by atoms with E-state index in [0.29, 0.717) is 5.70 Å². The first-order valence-electron chi connectivity index (χ1n) is 6.33. The van der Waals surface area contributed by atoms with Crippen molar-refractivity contribution in [3.63, 3.8) is 0 Å². The van der Waals surface area contributed by atoms with Crippen molar-refractivity contribution in [3.05, 3.63) is 68.6 Å². The van der Waals surface area contributed by atoms with Crippen LogP contribution in [0.2, 0.25) is 0 Å². The van der Waals surface area contributed by atoms with Gasteiger partial charge in [-0.05, 0) is 42.6 Å². The first-order valence-corrected chi connectivity index (χ1v) is 6.74. The molecule has 2 heterocycles. The zero-order valence-corrected chi connectivity index (χ0v) is 12.0. The number of nitrogens with one attached hydrogen (secondary N) is 1. The van der Waals surface area contributed by atoms with Crippen LogP contribution in [0.1, 0.15) is 5.56 Å². The third kappa shape index (κ3) is 2.42. The van der Waals surface area contributed by atoms with E-state index in [0.717, 1.165) is 4.57 Å². The van der Waals surface area contributed by atoms with Crippen molar-refractivity contribution in [2.24, 2.45) is 4.99 Å². The second kappa shape index (κ2) is 5.53. The average Bonchev–Trinajstić information content (AvgIpc) is 2.98. The zero-order chi connectivity index (χ0) is 15.7. The van der Waals surface area contributed by atoms with E-state index < -0.39 is 17.3 Å². The topological polar surface area (TPSA) is 70.4 Å². The molecule has 0 unspecified atom stereocenters. The summed E-state index contributed by atoms with van der Waals surface area (Å²) in [7, 11) is 0. The number of hydrogen-bond acceptors (Lipinski definition) is 4. The molecule has 1 aromatic heterocycles. The van der Waals surface area contributed by atoms with Crippen LogP contribution in [0.15, 0.2) is 51.9 Å². The van der Waals surface area contributed by atoms with Crippen molar-refractivity contribution in [1.29, 1.82) is 0 Å². The molecule has 5 nitrogen and oxygen atoms in total. The minimum atomic E-state index is -0.571. The highest BCUT2D eigenvalue weighted by Gasteiger charge is 2.15. The Kier molecular flexibility index (Phi) is 3.56. The van der Waals surface area contributed by atoms with Crippen molar-refractivity contribution in [2.45, 2.75) is 0 Å². The minimum absolute atomic E-state index is 0.0458. The number of H-pyrrole nitrogens is 1. The number of aromatic amines is 1. The number of halogens is 1. The second-order valence-corrected chi connectivity index (χ2v) is 4.88. The summed E-state index contributed by atoms with van der Waals surface area (Å²) >= 11 is 5.03. The molecule has 22 heavy (non-hydrogen) atoms. The Labute approximate surface area is 129 Å². The fourth-order valence-corrected chi connectivity index (χ4v) is 2.35. The summed E-state index contributed by atoms with van der Waals surface area (Å²) in [5.41, 5.74) is -0.0713. The van der Waals surface area contributed by atoms with Crippen LogP contribution in [0, 0.1) is 10.6 Å². The number of hydrogen-bond donors (Lipinski definition) is 2. The van der Waals surface area contributed by atoms with Crippen LogP contribution in [0.5, 0.6) is 5.88 Å². The molecule has 0 amide bonds. The Morgan fingerprint density at radius 2 is 2.14 bits per heavy atom. The molecule has 0 saturated carbocycles. The maximum atomic E-state index is 14.0. The lowest BCUT2D eigenvalue weighted by Gasteiger charge is -2.12. The monoisotopic (exact) mass is 315 g/mol. The van der Waals surface area contributed by atoms with Crippen LogP contribution in [-0.4, -0.2) is 20.9 Å². The Hall–Kier alpha value is -2.80. The van der Waals surface area contributed by atoms with Gasteiger partial charge in [-0.3, -0.25) is 19.3 Å². The van der Waals surface area contributed by atoms with Gasteiger partial charge in [0.15, 0.2) is 4.77 Å². The van der Waals surface area contributed by atoms with Crippen LogP contribution in [0.25, 0.3) is 11.8 Å². The van der Waals surface area contributed by atoms with E-state index >= 15 is 0 Å². The van der Waals surface area contributed by atoms with Gasteiger partial charge in [0.25, 0.3) is 5.56 Å². The molecule has 0 fully saturated rings. The first kappa shape index (κ1) is 14.2. The molecule has 0 atom stereocenters. The predicted molar refractivity (Wildman–Crippen MR) is 84.5 cm³/mol. The summed E-state index contributed by atoms with van der Waals surface area (Å²) in [5, 5.41) is 10.4. The van der Waals surface area contributed by atoms with Gasteiger partial charge in [0.2, 0.25) is 5.88 Å². The SMILES string of the molecule is O=c1[nH]c(=S)n(-c2ccccc2F)c(O)c1/C=C1/C=CC=N1. The first-order chi connectivity index (χ1) is 10.6. The predicted octanol–water partition coefficient (Wildman–Crippen LogP) is 2.72. The van der Waals surface area contributed by atoms with Gasteiger partial charge < -0.3 is 5.11 Å². The van der Waals surface area contributed by atoms with E-state index in [4.69, 9.17) is 12.2 Å². The number of aromatic nitrogens is 2. The van der Waals surface area contributed by atoms with Crippen LogP contribution in [0.4, 0.5) is 4.39 Å². The van der Waals surface area contributed by atoms with E-state index in [2.05, 4.69) is 9.98 Å². The summed E-state index contributed by atoms with van der Waals surface area (Å²) in [6.45, 7) is 0. The van der Waals surface area contributed by atoms with Crippen LogP contribution < -0.4 is 5.56 Å². The van der Waals surface area contributed by atoms with E-state index in [1.807, 2.05) is 0 Å².